The lowest BCUT2D eigenvalue weighted by Crippen LogP contribution is -2.25. The van der Waals surface area contributed by atoms with Crippen molar-refractivity contribution < 1.29 is 14.3 Å². The van der Waals surface area contributed by atoms with Crippen LogP contribution in [0.4, 0.5) is 15.6 Å². The Bertz CT molecular complexity index is 989. The van der Waals surface area contributed by atoms with Gasteiger partial charge < -0.3 is 15.4 Å². The second kappa shape index (κ2) is 9.70. The van der Waals surface area contributed by atoms with Gasteiger partial charge in [0.15, 0.2) is 5.13 Å². The Morgan fingerprint density at radius 2 is 1.76 bits per heavy atom. The number of aryl methyl sites for hydroxylation is 1. The number of nitrogens with one attached hydrogen (secondary N) is 3. The highest BCUT2D eigenvalue weighted by molar-refractivity contribution is 7.17. The zero-order chi connectivity index (χ0) is 20.6. The lowest BCUT2D eigenvalue weighted by Gasteiger charge is -2.09. The molecular formula is C21H22N4O3S. The van der Waals surface area contributed by atoms with Crippen molar-refractivity contribution in [2.24, 2.45) is 0 Å². The average Bonchev–Trinajstić information content (AvgIpc) is 3.09. The Hall–Kier alpha value is -3.39. The van der Waals surface area contributed by atoms with Crippen LogP contribution in [0.5, 0.6) is 5.75 Å². The molecule has 7 nitrogen and oxygen atoms in total. The van der Waals surface area contributed by atoms with Crippen molar-refractivity contribution in [3.05, 3.63) is 70.7 Å². The zero-order valence-corrected chi connectivity index (χ0v) is 17.0. The molecule has 2 aromatic carbocycles. The molecule has 0 spiro atoms. The fraction of sp³-hybridized carbons (Fsp3) is 0.190. The van der Waals surface area contributed by atoms with Crippen LogP contribution in [0.25, 0.3) is 0 Å². The maximum Gasteiger partial charge on any atom is 0.325 e. The number of urea groups is 1. The van der Waals surface area contributed by atoms with E-state index in [-0.39, 0.29) is 5.91 Å². The number of aromatic nitrogens is 1. The summed E-state index contributed by atoms with van der Waals surface area (Å²) in [5.41, 5.74) is 2.27. The number of amides is 3. The van der Waals surface area contributed by atoms with Gasteiger partial charge in [0, 0.05) is 6.54 Å². The number of nitrogens with zero attached hydrogens (tertiary/aromatic N) is 1. The molecule has 150 valence electrons. The standard InChI is InChI=1S/C21H22N4O3S/c1-14-18(19(26)22-13-12-15-8-4-3-5-9-15)29-21(23-14)25-20(27)24-16-10-6-7-11-17(16)28-2/h3-11H,12-13H2,1-2H3,(H,22,26)(H2,23,24,25,27). The molecule has 0 aliphatic carbocycles. The van der Waals surface area contributed by atoms with Crippen LogP contribution in [-0.4, -0.2) is 30.6 Å². The van der Waals surface area contributed by atoms with E-state index in [1.54, 1.807) is 25.1 Å². The minimum Gasteiger partial charge on any atom is -0.495 e. The van der Waals surface area contributed by atoms with Crippen LogP contribution in [0, 0.1) is 6.92 Å². The van der Waals surface area contributed by atoms with Crippen molar-refractivity contribution >= 4 is 34.1 Å². The summed E-state index contributed by atoms with van der Waals surface area (Å²) in [4.78, 5) is 29.5. The first kappa shape index (κ1) is 20.3. The molecule has 0 aliphatic rings. The number of benzene rings is 2. The molecular weight excluding hydrogens is 388 g/mol. The highest BCUT2D eigenvalue weighted by atomic mass is 32.1. The fourth-order valence-corrected chi connectivity index (χ4v) is 3.58. The molecule has 1 heterocycles. The van der Waals surface area contributed by atoms with E-state index in [1.165, 1.54) is 7.11 Å². The number of hydrogen-bond donors (Lipinski definition) is 3. The Morgan fingerprint density at radius 3 is 2.52 bits per heavy atom. The second-order valence-corrected chi connectivity index (χ2v) is 7.20. The summed E-state index contributed by atoms with van der Waals surface area (Å²) in [6.07, 6.45) is 0.747. The Labute approximate surface area is 173 Å². The number of thiazole rings is 1. The number of carbonyl (C=O) groups excluding carboxylic acids is 2. The Balaban J connectivity index is 1.56. The van der Waals surface area contributed by atoms with Gasteiger partial charge in [0.2, 0.25) is 0 Å². The van der Waals surface area contributed by atoms with Gasteiger partial charge in [-0.25, -0.2) is 9.78 Å². The summed E-state index contributed by atoms with van der Waals surface area (Å²) in [5.74, 6) is 0.352. The molecule has 3 rings (SSSR count). The summed E-state index contributed by atoms with van der Waals surface area (Å²) < 4.78 is 5.21. The van der Waals surface area contributed by atoms with Gasteiger partial charge in [-0.1, -0.05) is 53.8 Å². The van der Waals surface area contributed by atoms with Crippen molar-refractivity contribution in [3.8, 4) is 5.75 Å². The number of ether oxygens (including phenoxy) is 1. The first-order valence-electron chi connectivity index (χ1n) is 9.07. The highest BCUT2D eigenvalue weighted by Crippen LogP contribution is 2.25. The Kier molecular flexibility index (Phi) is 6.80. The summed E-state index contributed by atoms with van der Waals surface area (Å²) in [6.45, 7) is 2.27. The average molecular weight is 410 g/mol. The lowest BCUT2D eigenvalue weighted by molar-refractivity contribution is 0.0957. The van der Waals surface area contributed by atoms with E-state index in [2.05, 4.69) is 20.9 Å². The molecule has 3 N–H and O–H groups in total. The first-order valence-corrected chi connectivity index (χ1v) is 9.89. The van der Waals surface area contributed by atoms with E-state index < -0.39 is 6.03 Å². The molecule has 29 heavy (non-hydrogen) atoms. The zero-order valence-electron chi connectivity index (χ0n) is 16.2. The number of rotatable bonds is 7. The highest BCUT2D eigenvalue weighted by Gasteiger charge is 2.17. The summed E-state index contributed by atoms with van der Waals surface area (Å²) >= 11 is 1.14. The summed E-state index contributed by atoms with van der Waals surface area (Å²) in [7, 11) is 1.53. The number of methoxy groups -OCH3 is 1. The summed E-state index contributed by atoms with van der Waals surface area (Å²) in [6, 6.07) is 16.6. The van der Waals surface area contributed by atoms with E-state index in [0.717, 1.165) is 23.3 Å². The van der Waals surface area contributed by atoms with Crippen LogP contribution in [0.15, 0.2) is 54.6 Å². The number of para-hydroxylation sites is 2. The van der Waals surface area contributed by atoms with E-state index >= 15 is 0 Å². The normalized spacial score (nSPS) is 10.3. The van der Waals surface area contributed by atoms with Crippen molar-refractivity contribution in [1.29, 1.82) is 0 Å². The van der Waals surface area contributed by atoms with Gasteiger partial charge in [0.25, 0.3) is 5.91 Å². The van der Waals surface area contributed by atoms with Gasteiger partial charge in [-0.2, -0.15) is 0 Å². The van der Waals surface area contributed by atoms with E-state index in [4.69, 9.17) is 4.74 Å². The minimum absolute atomic E-state index is 0.200. The fourth-order valence-electron chi connectivity index (χ4n) is 2.70. The van der Waals surface area contributed by atoms with Crippen LogP contribution < -0.4 is 20.7 Å². The predicted octanol–water partition coefficient (Wildman–Crippen LogP) is 4.08. The van der Waals surface area contributed by atoms with E-state index in [0.29, 0.717) is 33.7 Å². The third kappa shape index (κ3) is 5.55. The largest absolute Gasteiger partial charge is 0.495 e. The van der Waals surface area contributed by atoms with Crippen molar-refractivity contribution in [3.63, 3.8) is 0 Å². The van der Waals surface area contributed by atoms with Gasteiger partial charge in [-0.3, -0.25) is 10.1 Å². The van der Waals surface area contributed by atoms with Crippen molar-refractivity contribution in [2.75, 3.05) is 24.3 Å². The Morgan fingerprint density at radius 1 is 1.03 bits per heavy atom. The minimum atomic E-state index is -0.459. The molecule has 0 fully saturated rings. The molecule has 0 saturated heterocycles. The van der Waals surface area contributed by atoms with Gasteiger partial charge >= 0.3 is 6.03 Å². The second-order valence-electron chi connectivity index (χ2n) is 6.20. The molecule has 0 unspecified atom stereocenters. The van der Waals surface area contributed by atoms with Gasteiger partial charge in [0.1, 0.15) is 10.6 Å². The molecule has 3 aromatic rings. The summed E-state index contributed by atoms with van der Waals surface area (Å²) in [5, 5.41) is 8.62. The van der Waals surface area contributed by atoms with Crippen LogP contribution in [0.3, 0.4) is 0 Å². The molecule has 3 amide bonds. The van der Waals surface area contributed by atoms with Gasteiger partial charge in [0.05, 0.1) is 18.5 Å². The molecule has 0 radical (unpaired) electrons. The molecule has 1 aromatic heterocycles. The number of hydrogen-bond acceptors (Lipinski definition) is 5. The van der Waals surface area contributed by atoms with E-state index in [9.17, 15) is 9.59 Å². The maximum atomic E-state index is 12.4. The third-order valence-electron chi connectivity index (χ3n) is 4.12. The molecule has 0 saturated carbocycles. The van der Waals surface area contributed by atoms with Crippen LogP contribution in [-0.2, 0) is 6.42 Å². The molecule has 0 atom stereocenters. The number of anilines is 2. The predicted molar refractivity (Wildman–Crippen MR) is 115 cm³/mol. The van der Waals surface area contributed by atoms with Gasteiger partial charge in [-0.05, 0) is 31.0 Å². The van der Waals surface area contributed by atoms with Crippen LogP contribution >= 0.6 is 11.3 Å². The van der Waals surface area contributed by atoms with Gasteiger partial charge in [-0.15, -0.1) is 0 Å². The topological polar surface area (TPSA) is 92.3 Å². The quantitative estimate of drug-likeness (QED) is 0.547. The maximum absolute atomic E-state index is 12.4. The van der Waals surface area contributed by atoms with Crippen LogP contribution in [0.2, 0.25) is 0 Å². The molecule has 0 bridgehead atoms. The smallest absolute Gasteiger partial charge is 0.325 e. The monoisotopic (exact) mass is 410 g/mol. The SMILES string of the molecule is COc1ccccc1NC(=O)Nc1nc(C)c(C(=O)NCCc2ccccc2)s1. The molecule has 8 heteroatoms. The lowest BCUT2D eigenvalue weighted by atomic mass is 10.1. The third-order valence-corrected chi connectivity index (χ3v) is 5.19. The van der Waals surface area contributed by atoms with Crippen LogP contribution in [0.1, 0.15) is 20.9 Å². The first-order chi connectivity index (χ1) is 14.1. The molecule has 0 aliphatic heterocycles. The van der Waals surface area contributed by atoms with E-state index in [1.807, 2.05) is 36.4 Å². The number of carbonyl (C=O) groups is 2. The van der Waals surface area contributed by atoms with Crippen molar-refractivity contribution in [2.45, 2.75) is 13.3 Å². The van der Waals surface area contributed by atoms with Crippen molar-refractivity contribution in [1.82, 2.24) is 10.3 Å².